The minimum atomic E-state index is -1.04. The van der Waals surface area contributed by atoms with Gasteiger partial charge < -0.3 is 20.5 Å². The van der Waals surface area contributed by atoms with Crippen LogP contribution in [0.4, 0.5) is 10.5 Å². The second-order valence-corrected chi connectivity index (χ2v) is 4.37. The molecule has 19 heavy (non-hydrogen) atoms. The summed E-state index contributed by atoms with van der Waals surface area (Å²) in [6, 6.07) is 4.11. The van der Waals surface area contributed by atoms with E-state index in [1.54, 1.807) is 13.0 Å². The van der Waals surface area contributed by atoms with Gasteiger partial charge in [0.25, 0.3) is 0 Å². The van der Waals surface area contributed by atoms with Crippen LogP contribution in [0, 0.1) is 0 Å². The van der Waals surface area contributed by atoms with Crippen LogP contribution in [0.5, 0.6) is 0 Å². The molecule has 1 aromatic rings. The fourth-order valence-corrected chi connectivity index (χ4v) is 1.91. The summed E-state index contributed by atoms with van der Waals surface area (Å²) in [6.07, 6.45) is 0.334. The maximum Gasteiger partial charge on any atom is 0.326 e. The number of carbonyl (C=O) groups excluding carboxylic acids is 1. The van der Waals surface area contributed by atoms with E-state index < -0.39 is 18.0 Å². The van der Waals surface area contributed by atoms with Crippen LogP contribution in [0.25, 0.3) is 0 Å². The van der Waals surface area contributed by atoms with Gasteiger partial charge in [-0.2, -0.15) is 0 Å². The molecule has 3 N–H and O–H groups in total. The molecule has 0 unspecified atom stereocenters. The van der Waals surface area contributed by atoms with E-state index in [9.17, 15) is 9.59 Å². The zero-order valence-corrected chi connectivity index (χ0v) is 10.6. The zero-order valence-electron chi connectivity index (χ0n) is 10.6. The number of hydrogen-bond acceptors (Lipinski definition) is 3. The number of rotatable bonds is 4. The van der Waals surface area contributed by atoms with Crippen molar-refractivity contribution in [2.45, 2.75) is 32.6 Å². The molecule has 102 valence electrons. The molecule has 0 spiro atoms. The van der Waals surface area contributed by atoms with Crippen molar-refractivity contribution in [3.63, 3.8) is 0 Å². The molecule has 2 rings (SSSR count). The van der Waals surface area contributed by atoms with Crippen molar-refractivity contribution in [2.24, 2.45) is 0 Å². The third kappa shape index (κ3) is 3.23. The number of aliphatic carboxylic acids is 1. The summed E-state index contributed by atoms with van der Waals surface area (Å²) in [6.45, 7) is 2.84. The van der Waals surface area contributed by atoms with E-state index in [2.05, 4.69) is 10.6 Å². The first-order valence-corrected chi connectivity index (χ1v) is 6.10. The topological polar surface area (TPSA) is 87.7 Å². The Morgan fingerprint density at radius 1 is 1.37 bits per heavy atom. The van der Waals surface area contributed by atoms with Crippen molar-refractivity contribution < 1.29 is 19.4 Å². The Hall–Kier alpha value is -2.08. The van der Waals surface area contributed by atoms with Gasteiger partial charge in [0, 0.05) is 5.69 Å². The first-order valence-electron chi connectivity index (χ1n) is 6.10. The van der Waals surface area contributed by atoms with Crippen LogP contribution in [0.3, 0.4) is 0 Å². The average molecular weight is 264 g/mol. The van der Waals surface area contributed by atoms with Crippen LogP contribution in [0.2, 0.25) is 0 Å². The zero-order chi connectivity index (χ0) is 13.8. The summed E-state index contributed by atoms with van der Waals surface area (Å²) in [4.78, 5) is 22.5. The standard InChI is InChI=1S/C13H16N2O4/c1-2-11(12(16)17)15-13(18)14-10-4-3-8-6-19-7-9(8)5-10/h3-5,11H,2,6-7H2,1H3,(H,16,17)(H2,14,15,18)/t11-/m1/s1. The number of fused-ring (bicyclic) bond motifs is 1. The van der Waals surface area contributed by atoms with Gasteiger partial charge in [-0.15, -0.1) is 0 Å². The number of hydrogen-bond donors (Lipinski definition) is 3. The number of amides is 2. The molecular weight excluding hydrogens is 248 g/mol. The number of carboxylic acids is 1. The van der Waals surface area contributed by atoms with E-state index in [4.69, 9.17) is 9.84 Å². The molecule has 1 aliphatic rings. The molecule has 0 radical (unpaired) electrons. The lowest BCUT2D eigenvalue weighted by Gasteiger charge is -2.13. The fourth-order valence-electron chi connectivity index (χ4n) is 1.91. The highest BCUT2D eigenvalue weighted by Gasteiger charge is 2.18. The first-order chi connectivity index (χ1) is 9.10. The largest absolute Gasteiger partial charge is 0.480 e. The van der Waals surface area contributed by atoms with Crippen LogP contribution in [0.1, 0.15) is 24.5 Å². The Balaban J connectivity index is 1.97. The summed E-state index contributed by atoms with van der Waals surface area (Å²) in [5.41, 5.74) is 2.79. The van der Waals surface area contributed by atoms with Gasteiger partial charge in [0.05, 0.1) is 13.2 Å². The molecule has 0 aromatic heterocycles. The lowest BCUT2D eigenvalue weighted by Crippen LogP contribution is -2.42. The Morgan fingerprint density at radius 3 is 2.79 bits per heavy atom. The van der Waals surface area contributed by atoms with Crippen LogP contribution >= 0.6 is 0 Å². The van der Waals surface area contributed by atoms with E-state index in [0.29, 0.717) is 25.3 Å². The van der Waals surface area contributed by atoms with Crippen molar-refractivity contribution in [3.05, 3.63) is 29.3 Å². The Bertz CT molecular complexity index is 501. The molecule has 0 aliphatic carbocycles. The summed E-state index contributed by atoms with van der Waals surface area (Å²) in [5, 5.41) is 13.9. The number of anilines is 1. The van der Waals surface area contributed by atoms with Crippen molar-refractivity contribution in [1.82, 2.24) is 5.32 Å². The minimum Gasteiger partial charge on any atom is -0.480 e. The second-order valence-electron chi connectivity index (χ2n) is 4.37. The molecule has 6 heteroatoms. The van der Waals surface area contributed by atoms with Crippen LogP contribution in [-0.2, 0) is 22.7 Å². The third-order valence-electron chi connectivity index (χ3n) is 2.99. The Kier molecular flexibility index (Phi) is 4.01. The van der Waals surface area contributed by atoms with Gasteiger partial charge in [-0.3, -0.25) is 0 Å². The van der Waals surface area contributed by atoms with Crippen molar-refractivity contribution in [2.75, 3.05) is 5.32 Å². The number of nitrogens with one attached hydrogen (secondary N) is 2. The minimum absolute atomic E-state index is 0.334. The van der Waals surface area contributed by atoms with Gasteiger partial charge >= 0.3 is 12.0 Å². The summed E-state index contributed by atoms with van der Waals surface area (Å²) >= 11 is 0. The van der Waals surface area contributed by atoms with Crippen molar-refractivity contribution >= 4 is 17.7 Å². The van der Waals surface area contributed by atoms with Gasteiger partial charge in [-0.1, -0.05) is 13.0 Å². The molecule has 0 bridgehead atoms. The molecule has 0 saturated carbocycles. The number of urea groups is 1. The average Bonchev–Trinajstić information content (AvgIpc) is 2.82. The monoisotopic (exact) mass is 264 g/mol. The van der Waals surface area contributed by atoms with Crippen LogP contribution in [-0.4, -0.2) is 23.1 Å². The molecule has 6 nitrogen and oxygen atoms in total. The van der Waals surface area contributed by atoms with Gasteiger partial charge in [-0.05, 0) is 29.7 Å². The van der Waals surface area contributed by atoms with Gasteiger partial charge in [0.15, 0.2) is 0 Å². The highest BCUT2D eigenvalue weighted by molar-refractivity contribution is 5.92. The maximum absolute atomic E-state index is 11.7. The van der Waals surface area contributed by atoms with Gasteiger partial charge in [-0.25, -0.2) is 9.59 Å². The lowest BCUT2D eigenvalue weighted by atomic mass is 10.1. The molecular formula is C13H16N2O4. The van der Waals surface area contributed by atoms with Crippen molar-refractivity contribution in [3.8, 4) is 0 Å². The Labute approximate surface area is 110 Å². The number of ether oxygens (including phenoxy) is 1. The van der Waals surface area contributed by atoms with E-state index in [1.165, 1.54) is 0 Å². The molecule has 0 saturated heterocycles. The van der Waals surface area contributed by atoms with Gasteiger partial charge in [0.2, 0.25) is 0 Å². The molecule has 1 aliphatic heterocycles. The second kappa shape index (κ2) is 5.71. The summed E-state index contributed by atoms with van der Waals surface area (Å²) in [5.74, 6) is -1.04. The Morgan fingerprint density at radius 2 is 2.11 bits per heavy atom. The summed E-state index contributed by atoms with van der Waals surface area (Å²) in [7, 11) is 0. The molecule has 0 fully saturated rings. The quantitative estimate of drug-likeness (QED) is 0.772. The van der Waals surface area contributed by atoms with E-state index in [-0.39, 0.29) is 0 Å². The lowest BCUT2D eigenvalue weighted by molar-refractivity contribution is -0.139. The number of carbonyl (C=O) groups is 2. The van der Waals surface area contributed by atoms with Crippen LogP contribution < -0.4 is 10.6 Å². The molecule has 1 heterocycles. The highest BCUT2D eigenvalue weighted by Crippen LogP contribution is 2.23. The van der Waals surface area contributed by atoms with Gasteiger partial charge in [0.1, 0.15) is 6.04 Å². The van der Waals surface area contributed by atoms with Crippen LogP contribution in [0.15, 0.2) is 18.2 Å². The SMILES string of the molecule is CC[C@@H](NC(=O)Nc1ccc2c(c1)COC2)C(=O)O. The predicted molar refractivity (Wildman–Crippen MR) is 68.8 cm³/mol. The number of carboxylic acid groups (broad SMARTS) is 1. The smallest absolute Gasteiger partial charge is 0.326 e. The molecule has 1 atom stereocenters. The predicted octanol–water partition coefficient (Wildman–Crippen LogP) is 1.70. The summed E-state index contributed by atoms with van der Waals surface area (Å²) < 4.78 is 5.28. The normalized spacial score (nSPS) is 14.6. The fraction of sp³-hybridized carbons (Fsp3) is 0.385. The van der Waals surface area contributed by atoms with Crippen molar-refractivity contribution in [1.29, 1.82) is 0 Å². The van der Waals surface area contributed by atoms with E-state index in [1.807, 2.05) is 12.1 Å². The maximum atomic E-state index is 11.7. The van der Waals surface area contributed by atoms with E-state index >= 15 is 0 Å². The third-order valence-corrected chi connectivity index (χ3v) is 2.99. The highest BCUT2D eigenvalue weighted by atomic mass is 16.5. The van der Waals surface area contributed by atoms with E-state index in [0.717, 1.165) is 11.1 Å². The first kappa shape index (κ1) is 13.4. The molecule has 2 amide bonds. The number of benzene rings is 1. The molecule has 1 aromatic carbocycles.